The van der Waals surface area contributed by atoms with Gasteiger partial charge in [-0.2, -0.15) is 0 Å². The topological polar surface area (TPSA) is 58.2 Å². The smallest absolute Gasteiger partial charge is 0.224 e. The number of benzene rings is 1. The molecule has 40 heavy (non-hydrogen) atoms. The molecule has 230 valence electrons. The molecule has 1 aromatic rings. The molecule has 0 atom stereocenters. The predicted molar refractivity (Wildman–Crippen MR) is 175 cm³/mol. The highest BCUT2D eigenvalue weighted by Crippen LogP contribution is 2.22. The van der Waals surface area contributed by atoms with E-state index in [2.05, 4.69) is 24.5 Å². The van der Waals surface area contributed by atoms with Crippen LogP contribution in [0.1, 0.15) is 181 Å². The lowest BCUT2D eigenvalue weighted by atomic mass is 10.0. The van der Waals surface area contributed by atoms with Crippen LogP contribution in [0.3, 0.4) is 0 Å². The highest BCUT2D eigenvalue weighted by molar-refractivity contribution is 5.99. The summed E-state index contributed by atoms with van der Waals surface area (Å²) in [7, 11) is 0. The highest BCUT2D eigenvalue weighted by Gasteiger charge is 2.09. The van der Waals surface area contributed by atoms with Crippen LogP contribution in [0.5, 0.6) is 0 Å². The summed E-state index contributed by atoms with van der Waals surface area (Å²) in [6.45, 7) is 4.54. The molecule has 0 bridgehead atoms. The van der Waals surface area contributed by atoms with Crippen molar-refractivity contribution in [3.8, 4) is 0 Å². The van der Waals surface area contributed by atoms with Crippen LogP contribution in [0.4, 0.5) is 11.4 Å². The van der Waals surface area contributed by atoms with Crippen LogP contribution >= 0.6 is 0 Å². The van der Waals surface area contributed by atoms with Crippen LogP contribution in [0.25, 0.3) is 0 Å². The Morgan fingerprint density at radius 3 is 0.950 bits per heavy atom. The second kappa shape index (κ2) is 27.3. The third kappa shape index (κ3) is 21.9. The van der Waals surface area contributed by atoms with Crippen LogP contribution in [0.2, 0.25) is 0 Å². The third-order valence-corrected chi connectivity index (χ3v) is 7.99. The molecule has 0 radical (unpaired) electrons. The average Bonchev–Trinajstić information content (AvgIpc) is 2.95. The molecule has 0 unspecified atom stereocenters. The maximum atomic E-state index is 12.5. The number of amides is 2. The van der Waals surface area contributed by atoms with Gasteiger partial charge in [0.25, 0.3) is 0 Å². The van der Waals surface area contributed by atoms with Crippen molar-refractivity contribution in [1.82, 2.24) is 0 Å². The first-order valence-electron chi connectivity index (χ1n) is 17.4. The van der Waals surface area contributed by atoms with Gasteiger partial charge in [-0.1, -0.05) is 167 Å². The third-order valence-electron chi connectivity index (χ3n) is 7.99. The lowest BCUT2D eigenvalue weighted by Gasteiger charge is -2.12. The molecular weight excluding hydrogens is 492 g/mol. The number of nitrogens with one attached hydrogen (secondary N) is 2. The number of para-hydroxylation sites is 2. The van der Waals surface area contributed by atoms with E-state index >= 15 is 0 Å². The van der Waals surface area contributed by atoms with Crippen LogP contribution in [-0.2, 0) is 9.59 Å². The molecule has 0 saturated heterocycles. The lowest BCUT2D eigenvalue weighted by Crippen LogP contribution is -2.16. The minimum atomic E-state index is 0.0368. The molecule has 0 aromatic heterocycles. The van der Waals surface area contributed by atoms with Crippen molar-refractivity contribution in [2.24, 2.45) is 0 Å². The Kier molecular flexibility index (Phi) is 24.7. The van der Waals surface area contributed by atoms with Crippen molar-refractivity contribution >= 4 is 23.2 Å². The zero-order valence-electron chi connectivity index (χ0n) is 26.5. The summed E-state index contributed by atoms with van der Waals surface area (Å²) in [6.07, 6.45) is 32.1. The minimum absolute atomic E-state index is 0.0368. The van der Waals surface area contributed by atoms with Crippen molar-refractivity contribution in [3.05, 3.63) is 24.3 Å². The Balaban J connectivity index is 2.08. The normalized spacial score (nSPS) is 11.1. The van der Waals surface area contributed by atoms with Gasteiger partial charge in [-0.15, -0.1) is 0 Å². The molecular formula is C36H64N2O2. The number of hydrogen-bond donors (Lipinski definition) is 2. The molecule has 0 spiro atoms. The largest absolute Gasteiger partial charge is 0.324 e. The standard InChI is InChI=1S/C36H64N2O2/c1-3-5-7-9-11-13-15-17-19-21-23-25-31-35(39)37-33-29-27-28-30-34(33)38-36(40)32-26-24-22-20-18-16-14-12-10-8-6-4-2/h27-30H,3-26,31-32H2,1-2H3,(H,37,39)(H,38,40). The van der Waals surface area contributed by atoms with Gasteiger partial charge in [0.15, 0.2) is 0 Å². The predicted octanol–water partition coefficient (Wildman–Crippen LogP) is 11.7. The number of carbonyl (C=O) groups excluding carboxylic acids is 2. The molecule has 0 fully saturated rings. The molecule has 4 heteroatoms. The van der Waals surface area contributed by atoms with E-state index in [4.69, 9.17) is 0 Å². The summed E-state index contributed by atoms with van der Waals surface area (Å²) in [4.78, 5) is 25.0. The van der Waals surface area contributed by atoms with Gasteiger partial charge >= 0.3 is 0 Å². The first-order chi connectivity index (χ1) is 19.7. The Bertz CT molecular complexity index is 672. The molecule has 1 aromatic carbocycles. The quantitative estimate of drug-likeness (QED) is 0.101. The van der Waals surface area contributed by atoms with E-state index in [9.17, 15) is 9.59 Å². The SMILES string of the molecule is CCCCCCCCCCCCCCC(=O)Nc1ccccc1NC(=O)CCCCCCCCCCCCCC. The molecule has 0 saturated carbocycles. The number of hydrogen-bond acceptors (Lipinski definition) is 2. The first-order valence-corrected chi connectivity index (χ1v) is 17.4. The van der Waals surface area contributed by atoms with Gasteiger partial charge in [-0.3, -0.25) is 9.59 Å². The van der Waals surface area contributed by atoms with E-state index in [0.29, 0.717) is 24.2 Å². The van der Waals surface area contributed by atoms with Gasteiger partial charge in [0.1, 0.15) is 0 Å². The van der Waals surface area contributed by atoms with E-state index in [-0.39, 0.29) is 11.8 Å². The molecule has 0 heterocycles. The summed E-state index contributed by atoms with van der Waals surface area (Å²) >= 11 is 0. The van der Waals surface area contributed by atoms with Crippen LogP contribution in [0.15, 0.2) is 24.3 Å². The fourth-order valence-corrected chi connectivity index (χ4v) is 5.38. The van der Waals surface area contributed by atoms with E-state index in [1.54, 1.807) is 0 Å². The van der Waals surface area contributed by atoms with Crippen molar-refractivity contribution in [3.63, 3.8) is 0 Å². The first kappa shape index (κ1) is 36.2. The summed E-state index contributed by atoms with van der Waals surface area (Å²) in [5, 5.41) is 6.03. The van der Waals surface area contributed by atoms with E-state index in [1.807, 2.05) is 24.3 Å². The molecule has 0 aliphatic carbocycles. The zero-order chi connectivity index (χ0) is 28.9. The minimum Gasteiger partial charge on any atom is -0.324 e. The Hall–Kier alpha value is -1.84. The van der Waals surface area contributed by atoms with Crippen molar-refractivity contribution in [2.45, 2.75) is 181 Å². The molecule has 0 aliphatic heterocycles. The molecule has 0 aliphatic rings. The van der Waals surface area contributed by atoms with Gasteiger partial charge in [0.05, 0.1) is 11.4 Å². The van der Waals surface area contributed by atoms with Gasteiger partial charge < -0.3 is 10.6 Å². The maximum absolute atomic E-state index is 12.5. The molecule has 4 nitrogen and oxygen atoms in total. The molecule has 2 amide bonds. The monoisotopic (exact) mass is 556 g/mol. The maximum Gasteiger partial charge on any atom is 0.224 e. The van der Waals surface area contributed by atoms with Gasteiger partial charge in [0, 0.05) is 12.8 Å². The second-order valence-corrected chi connectivity index (χ2v) is 11.9. The van der Waals surface area contributed by atoms with Crippen molar-refractivity contribution < 1.29 is 9.59 Å². The number of carbonyl (C=O) groups is 2. The average molecular weight is 557 g/mol. The Morgan fingerprint density at radius 2 is 0.675 bits per heavy atom. The number of anilines is 2. The summed E-state index contributed by atoms with van der Waals surface area (Å²) in [5.74, 6) is 0.0736. The van der Waals surface area contributed by atoms with E-state index in [0.717, 1.165) is 25.7 Å². The summed E-state index contributed by atoms with van der Waals surface area (Å²) < 4.78 is 0. The van der Waals surface area contributed by atoms with Crippen LogP contribution in [-0.4, -0.2) is 11.8 Å². The summed E-state index contributed by atoms with van der Waals surface area (Å²) in [6, 6.07) is 7.56. The molecule has 2 N–H and O–H groups in total. The molecule has 1 rings (SSSR count). The van der Waals surface area contributed by atoms with Crippen LogP contribution < -0.4 is 10.6 Å². The second-order valence-electron chi connectivity index (χ2n) is 11.9. The van der Waals surface area contributed by atoms with Crippen LogP contribution in [0, 0.1) is 0 Å². The summed E-state index contributed by atoms with van der Waals surface area (Å²) in [5.41, 5.74) is 1.41. The Morgan fingerprint density at radius 1 is 0.425 bits per heavy atom. The van der Waals surface area contributed by atoms with Crippen molar-refractivity contribution in [2.75, 3.05) is 10.6 Å². The number of unbranched alkanes of at least 4 members (excludes halogenated alkanes) is 22. The van der Waals surface area contributed by atoms with E-state index < -0.39 is 0 Å². The lowest BCUT2D eigenvalue weighted by molar-refractivity contribution is -0.117. The van der Waals surface area contributed by atoms with Crippen molar-refractivity contribution in [1.29, 1.82) is 0 Å². The Labute approximate surface area is 248 Å². The zero-order valence-corrected chi connectivity index (χ0v) is 26.5. The fourth-order valence-electron chi connectivity index (χ4n) is 5.38. The number of rotatable bonds is 28. The van der Waals surface area contributed by atoms with E-state index in [1.165, 1.54) is 128 Å². The van der Waals surface area contributed by atoms with Gasteiger partial charge in [0.2, 0.25) is 11.8 Å². The fraction of sp³-hybridized carbons (Fsp3) is 0.778. The highest BCUT2D eigenvalue weighted by atomic mass is 16.2. The van der Waals surface area contributed by atoms with Gasteiger partial charge in [-0.05, 0) is 25.0 Å². The van der Waals surface area contributed by atoms with Gasteiger partial charge in [-0.25, -0.2) is 0 Å².